The van der Waals surface area contributed by atoms with Crippen LogP contribution in [0.3, 0.4) is 0 Å². The average Bonchev–Trinajstić information content (AvgIpc) is 2.96. The fraction of sp³-hybridized carbons (Fsp3) is 0.615. The van der Waals surface area contributed by atoms with E-state index in [1.165, 1.54) is 0 Å². The Labute approximate surface area is 113 Å². The van der Waals surface area contributed by atoms with Crippen LogP contribution in [0.25, 0.3) is 0 Å². The van der Waals surface area contributed by atoms with Crippen molar-refractivity contribution in [3.05, 3.63) is 29.7 Å². The molecule has 0 unspecified atom stereocenters. The highest BCUT2D eigenvalue weighted by molar-refractivity contribution is 4.96. The molecule has 0 spiro atoms. The van der Waals surface area contributed by atoms with Crippen molar-refractivity contribution < 1.29 is 4.42 Å². The van der Waals surface area contributed by atoms with Gasteiger partial charge in [-0.1, -0.05) is 12.1 Å². The minimum Gasteiger partial charge on any atom is -0.444 e. The van der Waals surface area contributed by atoms with Gasteiger partial charge >= 0.3 is 0 Å². The highest BCUT2D eigenvalue weighted by atomic mass is 16.4. The molecule has 0 amide bonds. The van der Waals surface area contributed by atoms with E-state index in [1.807, 2.05) is 17.8 Å². The molecule has 0 atom stereocenters. The topological polar surface area (TPSA) is 68.8 Å². The summed E-state index contributed by atoms with van der Waals surface area (Å²) in [6, 6.07) is 0. The zero-order valence-electron chi connectivity index (χ0n) is 12.0. The Balaban J connectivity index is 1.84. The van der Waals surface area contributed by atoms with E-state index in [9.17, 15) is 0 Å². The number of oxazole rings is 1. The third kappa shape index (κ3) is 3.64. The molecule has 0 aliphatic heterocycles. The number of hydrogen-bond donors (Lipinski definition) is 1. The van der Waals surface area contributed by atoms with E-state index >= 15 is 0 Å². The van der Waals surface area contributed by atoms with Gasteiger partial charge in [-0.25, -0.2) is 9.67 Å². The first kappa shape index (κ1) is 13.7. The van der Waals surface area contributed by atoms with Crippen molar-refractivity contribution in [1.82, 2.24) is 25.3 Å². The van der Waals surface area contributed by atoms with Gasteiger partial charge in [0.15, 0.2) is 0 Å². The predicted octanol–water partition coefficient (Wildman–Crippen LogP) is 1.87. The van der Waals surface area contributed by atoms with Crippen LogP contribution in [0.15, 0.2) is 16.8 Å². The van der Waals surface area contributed by atoms with Gasteiger partial charge in [-0.3, -0.25) is 0 Å². The molecule has 6 heteroatoms. The van der Waals surface area contributed by atoms with Crippen LogP contribution in [-0.4, -0.2) is 20.0 Å². The first-order chi connectivity index (χ1) is 8.99. The molecule has 0 radical (unpaired) electrons. The zero-order valence-corrected chi connectivity index (χ0v) is 12.0. The van der Waals surface area contributed by atoms with E-state index in [0.717, 1.165) is 17.9 Å². The Hall–Kier alpha value is -1.69. The van der Waals surface area contributed by atoms with Gasteiger partial charge in [0.25, 0.3) is 0 Å². The van der Waals surface area contributed by atoms with Gasteiger partial charge in [0.05, 0.1) is 30.2 Å². The lowest BCUT2D eigenvalue weighted by atomic mass is 10.1. The Bertz CT molecular complexity index is 523. The second-order valence-electron chi connectivity index (χ2n) is 5.50. The van der Waals surface area contributed by atoms with Crippen LogP contribution in [0.1, 0.15) is 45.0 Å². The molecule has 0 fully saturated rings. The molecule has 1 N–H and O–H groups in total. The summed E-state index contributed by atoms with van der Waals surface area (Å²) in [5, 5.41) is 11.5. The van der Waals surface area contributed by atoms with Gasteiger partial charge in [0, 0.05) is 13.0 Å². The fourth-order valence-corrected chi connectivity index (χ4v) is 1.60. The maximum absolute atomic E-state index is 5.52. The van der Waals surface area contributed by atoms with E-state index < -0.39 is 0 Å². The lowest BCUT2D eigenvalue weighted by molar-refractivity contribution is 0.346. The molecule has 0 aliphatic carbocycles. The van der Waals surface area contributed by atoms with Crippen molar-refractivity contribution in [1.29, 1.82) is 0 Å². The van der Waals surface area contributed by atoms with E-state index in [-0.39, 0.29) is 5.54 Å². The van der Waals surface area contributed by atoms with Crippen molar-refractivity contribution in [2.45, 2.75) is 52.7 Å². The monoisotopic (exact) mass is 263 g/mol. The average molecular weight is 263 g/mol. The van der Waals surface area contributed by atoms with Crippen LogP contribution in [-0.2, 0) is 25.0 Å². The van der Waals surface area contributed by atoms with Crippen LogP contribution in [0.4, 0.5) is 0 Å². The largest absolute Gasteiger partial charge is 0.444 e. The molecule has 0 aliphatic rings. The van der Waals surface area contributed by atoms with Gasteiger partial charge in [-0.2, -0.15) is 0 Å². The summed E-state index contributed by atoms with van der Waals surface area (Å²) in [7, 11) is 0. The van der Waals surface area contributed by atoms with Crippen molar-refractivity contribution in [3.63, 3.8) is 0 Å². The number of aromatic nitrogens is 4. The van der Waals surface area contributed by atoms with Crippen molar-refractivity contribution >= 4 is 0 Å². The Morgan fingerprint density at radius 2 is 2.11 bits per heavy atom. The second-order valence-corrected chi connectivity index (χ2v) is 5.50. The van der Waals surface area contributed by atoms with Gasteiger partial charge in [-0.05, 0) is 20.8 Å². The Morgan fingerprint density at radius 3 is 2.68 bits per heavy atom. The summed E-state index contributed by atoms with van der Waals surface area (Å²) in [5.41, 5.74) is 0.876. The minimum absolute atomic E-state index is 0.0379. The van der Waals surface area contributed by atoms with Crippen LogP contribution in [0.5, 0.6) is 0 Å². The van der Waals surface area contributed by atoms with Crippen LogP contribution >= 0.6 is 0 Å². The molecule has 0 aromatic carbocycles. The predicted molar refractivity (Wildman–Crippen MR) is 71.4 cm³/mol. The van der Waals surface area contributed by atoms with Gasteiger partial charge in [0.2, 0.25) is 5.89 Å². The summed E-state index contributed by atoms with van der Waals surface area (Å²) in [4.78, 5) is 4.19. The molecule has 0 bridgehead atoms. The smallest absolute Gasteiger partial charge is 0.208 e. The van der Waals surface area contributed by atoms with Gasteiger partial charge < -0.3 is 9.73 Å². The lowest BCUT2D eigenvalue weighted by Crippen LogP contribution is -2.22. The third-order valence-corrected chi connectivity index (χ3v) is 2.76. The first-order valence-corrected chi connectivity index (χ1v) is 6.55. The molecular weight excluding hydrogens is 242 g/mol. The minimum atomic E-state index is -0.0379. The zero-order chi connectivity index (χ0) is 13.9. The normalized spacial score (nSPS) is 12.0. The molecule has 2 rings (SSSR count). The van der Waals surface area contributed by atoms with Crippen molar-refractivity contribution in [3.8, 4) is 0 Å². The molecule has 0 saturated carbocycles. The van der Waals surface area contributed by atoms with Crippen molar-refractivity contribution in [2.24, 2.45) is 0 Å². The van der Waals surface area contributed by atoms with Crippen LogP contribution in [0, 0.1) is 0 Å². The Morgan fingerprint density at radius 1 is 1.32 bits per heavy atom. The number of nitrogens with zero attached hydrogens (tertiary/aromatic N) is 4. The van der Waals surface area contributed by atoms with Crippen LogP contribution in [0.2, 0.25) is 0 Å². The summed E-state index contributed by atoms with van der Waals surface area (Å²) < 4.78 is 7.38. The summed E-state index contributed by atoms with van der Waals surface area (Å²) >= 11 is 0. The summed E-state index contributed by atoms with van der Waals surface area (Å²) in [5.74, 6) is 1.62. The molecule has 2 heterocycles. The maximum Gasteiger partial charge on any atom is 0.208 e. The molecule has 19 heavy (non-hydrogen) atoms. The molecule has 2 aromatic heterocycles. The molecule has 6 nitrogen and oxygen atoms in total. The van der Waals surface area contributed by atoms with Crippen LogP contribution < -0.4 is 5.32 Å². The SMILES string of the molecule is CCc1cnc(CNCc2cn(C(C)(C)C)nn2)o1. The van der Waals surface area contributed by atoms with Gasteiger partial charge in [-0.15, -0.1) is 5.10 Å². The number of rotatable bonds is 5. The molecule has 2 aromatic rings. The molecule has 104 valence electrons. The standard InChI is InChI=1S/C13H21N5O/c1-5-11-7-15-12(19-11)8-14-6-10-9-18(17-16-10)13(2,3)4/h7,9,14H,5-6,8H2,1-4H3. The number of nitrogens with one attached hydrogen (secondary N) is 1. The molecular formula is C13H21N5O. The van der Waals surface area contributed by atoms with E-state index in [2.05, 4.69) is 41.4 Å². The summed E-state index contributed by atoms with van der Waals surface area (Å²) in [6.45, 7) is 9.58. The first-order valence-electron chi connectivity index (χ1n) is 6.55. The van der Waals surface area contributed by atoms with E-state index in [1.54, 1.807) is 6.20 Å². The number of aryl methyl sites for hydroxylation is 1. The Kier molecular flexibility index (Phi) is 3.99. The van der Waals surface area contributed by atoms with Crippen molar-refractivity contribution in [2.75, 3.05) is 0 Å². The van der Waals surface area contributed by atoms with Gasteiger partial charge in [0.1, 0.15) is 5.76 Å². The lowest BCUT2D eigenvalue weighted by Gasteiger charge is -2.17. The molecule has 0 saturated heterocycles. The highest BCUT2D eigenvalue weighted by Crippen LogP contribution is 2.11. The van der Waals surface area contributed by atoms with E-state index in [4.69, 9.17) is 4.42 Å². The maximum atomic E-state index is 5.52. The third-order valence-electron chi connectivity index (χ3n) is 2.76. The second kappa shape index (κ2) is 5.52. The number of hydrogen-bond acceptors (Lipinski definition) is 5. The quantitative estimate of drug-likeness (QED) is 0.892. The summed E-state index contributed by atoms with van der Waals surface area (Å²) in [6.07, 6.45) is 4.60. The fourth-order valence-electron chi connectivity index (χ4n) is 1.60. The van der Waals surface area contributed by atoms with E-state index in [0.29, 0.717) is 19.0 Å². The highest BCUT2D eigenvalue weighted by Gasteiger charge is 2.14.